The van der Waals surface area contributed by atoms with Crippen molar-refractivity contribution in [1.29, 1.82) is 0 Å². The number of alkyl halides is 2. The van der Waals surface area contributed by atoms with Gasteiger partial charge in [-0.25, -0.2) is 4.79 Å². The van der Waals surface area contributed by atoms with E-state index in [-0.39, 0.29) is 17.5 Å². The van der Waals surface area contributed by atoms with Gasteiger partial charge in [0.1, 0.15) is 0 Å². The van der Waals surface area contributed by atoms with Crippen LogP contribution in [0.1, 0.15) is 45.4 Å². The zero-order valence-electron chi connectivity index (χ0n) is 14.1. The second kappa shape index (κ2) is 8.17. The van der Waals surface area contributed by atoms with Gasteiger partial charge in [0.2, 0.25) is 0 Å². The fraction of sp³-hybridized carbons (Fsp3) is 0.588. The third-order valence-electron chi connectivity index (χ3n) is 3.85. The van der Waals surface area contributed by atoms with E-state index in [4.69, 9.17) is 0 Å². The molecule has 0 spiro atoms. The molecule has 7 heteroatoms. The number of benzene rings is 1. The van der Waals surface area contributed by atoms with Gasteiger partial charge >= 0.3 is 12.3 Å². The van der Waals surface area contributed by atoms with Crippen LogP contribution in [0, 0.1) is 0 Å². The van der Waals surface area contributed by atoms with Crippen LogP contribution in [0.4, 0.5) is 19.3 Å². The summed E-state index contributed by atoms with van der Waals surface area (Å²) in [6.07, 6.45) is 3.26. The molecule has 0 saturated carbocycles. The molecule has 1 heterocycles. The Bertz CT molecular complexity index is 567. The van der Waals surface area contributed by atoms with Gasteiger partial charge in [0, 0.05) is 25.3 Å². The van der Waals surface area contributed by atoms with Crippen LogP contribution in [0.25, 0.3) is 0 Å². The van der Waals surface area contributed by atoms with Crippen molar-refractivity contribution in [3.63, 3.8) is 0 Å². The molecule has 1 aromatic rings. The van der Waals surface area contributed by atoms with E-state index in [9.17, 15) is 13.6 Å². The lowest BCUT2D eigenvalue weighted by Gasteiger charge is -2.18. The molecule has 24 heavy (non-hydrogen) atoms. The summed E-state index contributed by atoms with van der Waals surface area (Å²) in [5.41, 5.74) is 0.384. The molecule has 2 amide bonds. The SMILES string of the molecule is CCCCCCCCN(C)C(=O)Nc1ccc2c(c1)OC(F)(F)O2. The molecule has 0 radical (unpaired) electrons. The van der Waals surface area contributed by atoms with E-state index in [1.165, 1.54) is 43.9 Å². The highest BCUT2D eigenvalue weighted by atomic mass is 19.3. The number of hydrogen-bond donors (Lipinski definition) is 1. The van der Waals surface area contributed by atoms with E-state index >= 15 is 0 Å². The Morgan fingerprint density at radius 2 is 1.79 bits per heavy atom. The molecule has 0 unspecified atom stereocenters. The predicted octanol–water partition coefficient (Wildman–Crippen LogP) is 4.83. The van der Waals surface area contributed by atoms with Crippen LogP contribution in [0.5, 0.6) is 11.5 Å². The minimum atomic E-state index is -3.65. The van der Waals surface area contributed by atoms with Crippen molar-refractivity contribution in [2.75, 3.05) is 18.9 Å². The lowest BCUT2D eigenvalue weighted by molar-refractivity contribution is -0.286. The number of unbranched alkanes of at least 4 members (excludes halogenated alkanes) is 5. The Labute approximate surface area is 140 Å². The highest BCUT2D eigenvalue weighted by Gasteiger charge is 2.43. The summed E-state index contributed by atoms with van der Waals surface area (Å²) in [4.78, 5) is 13.7. The number of nitrogens with one attached hydrogen (secondary N) is 1. The van der Waals surface area contributed by atoms with Crippen LogP contribution in [0.3, 0.4) is 0 Å². The second-order valence-electron chi connectivity index (χ2n) is 5.95. The largest absolute Gasteiger partial charge is 0.586 e. The van der Waals surface area contributed by atoms with E-state index < -0.39 is 6.29 Å². The number of amides is 2. The van der Waals surface area contributed by atoms with Gasteiger partial charge in [0.05, 0.1) is 0 Å². The number of carbonyl (C=O) groups excluding carboxylic acids is 1. The van der Waals surface area contributed by atoms with Gasteiger partial charge in [0.25, 0.3) is 0 Å². The fourth-order valence-electron chi connectivity index (χ4n) is 2.48. The standard InChI is InChI=1S/C17H24F2N2O3/c1-3-4-5-6-7-8-11-21(2)16(22)20-13-9-10-14-15(12-13)24-17(18,19)23-14/h9-10,12H,3-8,11H2,1-2H3,(H,20,22). The van der Waals surface area contributed by atoms with E-state index in [0.29, 0.717) is 12.2 Å². The highest BCUT2D eigenvalue weighted by molar-refractivity contribution is 5.89. The number of anilines is 1. The summed E-state index contributed by atoms with van der Waals surface area (Å²) < 4.78 is 34.6. The first-order chi connectivity index (χ1) is 11.4. The first-order valence-corrected chi connectivity index (χ1v) is 8.33. The summed E-state index contributed by atoms with van der Waals surface area (Å²) >= 11 is 0. The van der Waals surface area contributed by atoms with Gasteiger partial charge in [0.15, 0.2) is 11.5 Å². The van der Waals surface area contributed by atoms with Crippen molar-refractivity contribution >= 4 is 11.7 Å². The number of ether oxygens (including phenoxy) is 2. The topological polar surface area (TPSA) is 50.8 Å². The molecule has 0 fully saturated rings. The van der Waals surface area contributed by atoms with Crippen molar-refractivity contribution in [1.82, 2.24) is 4.90 Å². The van der Waals surface area contributed by atoms with Gasteiger partial charge in [-0.1, -0.05) is 39.0 Å². The monoisotopic (exact) mass is 342 g/mol. The lowest BCUT2D eigenvalue weighted by atomic mass is 10.1. The van der Waals surface area contributed by atoms with E-state index in [2.05, 4.69) is 21.7 Å². The molecule has 5 nitrogen and oxygen atoms in total. The molecular weight excluding hydrogens is 318 g/mol. The van der Waals surface area contributed by atoms with Crippen molar-refractivity contribution in [2.24, 2.45) is 0 Å². The molecule has 0 bridgehead atoms. The summed E-state index contributed by atoms with van der Waals surface area (Å²) in [6, 6.07) is 3.89. The van der Waals surface area contributed by atoms with Gasteiger partial charge < -0.3 is 19.7 Å². The molecule has 1 N–H and O–H groups in total. The van der Waals surface area contributed by atoms with Gasteiger partial charge in [-0.05, 0) is 18.6 Å². The molecule has 0 aliphatic carbocycles. The first-order valence-electron chi connectivity index (χ1n) is 8.33. The van der Waals surface area contributed by atoms with Crippen molar-refractivity contribution in [2.45, 2.75) is 51.7 Å². The van der Waals surface area contributed by atoms with Crippen LogP contribution in [0.15, 0.2) is 18.2 Å². The Kier molecular flexibility index (Phi) is 6.23. The van der Waals surface area contributed by atoms with Gasteiger partial charge in [-0.2, -0.15) is 0 Å². The maximum Gasteiger partial charge on any atom is 0.586 e. The quantitative estimate of drug-likeness (QED) is 0.688. The van der Waals surface area contributed by atoms with Crippen LogP contribution >= 0.6 is 0 Å². The second-order valence-corrected chi connectivity index (χ2v) is 5.95. The van der Waals surface area contributed by atoms with Crippen molar-refractivity contribution in [3.05, 3.63) is 18.2 Å². The van der Waals surface area contributed by atoms with Crippen LogP contribution in [-0.2, 0) is 0 Å². The Morgan fingerprint density at radius 3 is 2.54 bits per heavy atom. The average Bonchev–Trinajstić information content (AvgIpc) is 2.83. The number of urea groups is 1. The minimum absolute atomic E-state index is 0.0431. The van der Waals surface area contributed by atoms with Crippen LogP contribution in [0.2, 0.25) is 0 Å². The van der Waals surface area contributed by atoms with Gasteiger partial charge in [-0.15, -0.1) is 8.78 Å². The molecule has 0 aromatic heterocycles. The molecule has 2 rings (SSSR count). The summed E-state index contributed by atoms with van der Waals surface area (Å²) in [6.45, 7) is 2.83. The number of carbonyl (C=O) groups is 1. The summed E-state index contributed by atoms with van der Waals surface area (Å²) in [5, 5.41) is 2.67. The number of nitrogens with zero attached hydrogens (tertiary/aromatic N) is 1. The molecule has 134 valence electrons. The predicted molar refractivity (Wildman–Crippen MR) is 87.7 cm³/mol. The molecule has 1 aliphatic rings. The molecular formula is C17H24F2N2O3. The molecule has 0 saturated heterocycles. The van der Waals surface area contributed by atoms with Crippen LogP contribution < -0.4 is 14.8 Å². The summed E-state index contributed by atoms with van der Waals surface area (Å²) in [5.74, 6) is -0.130. The van der Waals surface area contributed by atoms with E-state index in [0.717, 1.165) is 12.8 Å². The maximum absolute atomic E-state index is 13.0. The average molecular weight is 342 g/mol. The first kappa shape index (κ1) is 18.3. The Hall–Kier alpha value is -2.05. The molecule has 1 aromatic carbocycles. The minimum Gasteiger partial charge on any atom is -0.395 e. The fourth-order valence-corrected chi connectivity index (χ4v) is 2.48. The number of hydrogen-bond acceptors (Lipinski definition) is 3. The van der Waals surface area contributed by atoms with E-state index in [1.54, 1.807) is 11.9 Å². The Balaban J connectivity index is 1.76. The number of rotatable bonds is 8. The Morgan fingerprint density at radius 1 is 1.12 bits per heavy atom. The molecule has 1 aliphatic heterocycles. The van der Waals surface area contributed by atoms with Crippen molar-refractivity contribution < 1.29 is 23.0 Å². The third kappa shape index (κ3) is 5.25. The molecule has 0 atom stereocenters. The van der Waals surface area contributed by atoms with Crippen LogP contribution in [-0.4, -0.2) is 30.8 Å². The van der Waals surface area contributed by atoms with Gasteiger partial charge in [-0.3, -0.25) is 0 Å². The maximum atomic E-state index is 13.0. The number of halogens is 2. The zero-order valence-corrected chi connectivity index (χ0v) is 14.1. The summed E-state index contributed by atoms with van der Waals surface area (Å²) in [7, 11) is 1.71. The lowest BCUT2D eigenvalue weighted by Crippen LogP contribution is -2.32. The third-order valence-corrected chi connectivity index (χ3v) is 3.85. The van der Waals surface area contributed by atoms with E-state index in [1.807, 2.05) is 0 Å². The highest BCUT2D eigenvalue weighted by Crippen LogP contribution is 2.42. The number of fused-ring (bicyclic) bond motifs is 1. The smallest absolute Gasteiger partial charge is 0.395 e. The normalized spacial score (nSPS) is 14.5. The zero-order chi connectivity index (χ0) is 17.6. The van der Waals surface area contributed by atoms with Crippen molar-refractivity contribution in [3.8, 4) is 11.5 Å².